The summed E-state index contributed by atoms with van der Waals surface area (Å²) in [6.07, 6.45) is 5.50. The van der Waals surface area contributed by atoms with E-state index < -0.39 is 0 Å². The highest BCUT2D eigenvalue weighted by atomic mass is 32.2. The van der Waals surface area contributed by atoms with Crippen LogP contribution in [0.5, 0.6) is 0 Å². The average Bonchev–Trinajstić information content (AvgIpc) is 2.38. The molecule has 0 bridgehead atoms. The zero-order valence-electron chi connectivity index (χ0n) is 12.1. The monoisotopic (exact) mass is 275 g/mol. The van der Waals surface area contributed by atoms with E-state index in [2.05, 4.69) is 28.8 Å². The molecule has 0 spiro atoms. The second kappa shape index (κ2) is 14.6. The highest BCUT2D eigenvalue weighted by molar-refractivity contribution is 7.98. The fourth-order valence-electron chi connectivity index (χ4n) is 1.42. The molecule has 0 unspecified atom stereocenters. The molecule has 0 atom stereocenters. The van der Waals surface area contributed by atoms with E-state index in [1.165, 1.54) is 5.75 Å². The first-order valence-electron chi connectivity index (χ1n) is 6.94. The van der Waals surface area contributed by atoms with Crippen molar-refractivity contribution in [1.29, 1.82) is 0 Å². The van der Waals surface area contributed by atoms with Gasteiger partial charge in [-0.05, 0) is 45.1 Å². The zero-order valence-corrected chi connectivity index (χ0v) is 12.9. The lowest BCUT2D eigenvalue weighted by Crippen LogP contribution is -2.38. The molecular weight excluding hydrogens is 246 g/mol. The number of nitrogens with one attached hydrogen (secondary N) is 2. The molecule has 4 nitrogen and oxygen atoms in total. The Hall–Kier alpha value is -0.420. The number of nitrogens with zero attached hydrogens (tertiary/aromatic N) is 1. The van der Waals surface area contributed by atoms with E-state index in [0.717, 1.165) is 58.1 Å². The van der Waals surface area contributed by atoms with Gasteiger partial charge in [-0.3, -0.25) is 4.99 Å². The number of guanidine groups is 1. The molecule has 0 aromatic rings. The summed E-state index contributed by atoms with van der Waals surface area (Å²) in [6.45, 7) is 8.56. The zero-order chi connectivity index (χ0) is 13.5. The minimum Gasteiger partial charge on any atom is -0.382 e. The highest BCUT2D eigenvalue weighted by Gasteiger charge is 1.96. The summed E-state index contributed by atoms with van der Waals surface area (Å²) in [5.74, 6) is 2.12. The average molecular weight is 275 g/mol. The minimum absolute atomic E-state index is 0.812. The van der Waals surface area contributed by atoms with E-state index >= 15 is 0 Å². The summed E-state index contributed by atoms with van der Waals surface area (Å²) in [7, 11) is 0. The van der Waals surface area contributed by atoms with Gasteiger partial charge in [-0.1, -0.05) is 0 Å². The van der Waals surface area contributed by atoms with Crippen LogP contribution in [0.1, 0.15) is 33.1 Å². The van der Waals surface area contributed by atoms with Crippen LogP contribution in [0.2, 0.25) is 0 Å². The molecule has 0 aliphatic rings. The predicted octanol–water partition coefficient (Wildman–Crippen LogP) is 2.11. The fraction of sp³-hybridized carbons (Fsp3) is 0.923. The van der Waals surface area contributed by atoms with Gasteiger partial charge in [0, 0.05) is 32.8 Å². The van der Waals surface area contributed by atoms with Crippen molar-refractivity contribution in [2.24, 2.45) is 4.99 Å². The van der Waals surface area contributed by atoms with Gasteiger partial charge in [0.1, 0.15) is 0 Å². The molecule has 0 fully saturated rings. The number of hydrogen-bond acceptors (Lipinski definition) is 3. The molecule has 0 aliphatic carbocycles. The summed E-state index contributed by atoms with van der Waals surface area (Å²) < 4.78 is 5.30. The third kappa shape index (κ3) is 12.0. The van der Waals surface area contributed by atoms with Gasteiger partial charge >= 0.3 is 0 Å². The summed E-state index contributed by atoms with van der Waals surface area (Å²) in [5.41, 5.74) is 0. The van der Waals surface area contributed by atoms with Gasteiger partial charge < -0.3 is 15.4 Å². The van der Waals surface area contributed by atoms with Crippen LogP contribution >= 0.6 is 11.8 Å². The molecule has 0 saturated carbocycles. The normalized spacial score (nSPS) is 11.6. The Morgan fingerprint density at radius 3 is 2.67 bits per heavy atom. The van der Waals surface area contributed by atoms with E-state index in [0.29, 0.717) is 0 Å². The van der Waals surface area contributed by atoms with Gasteiger partial charge in [-0.15, -0.1) is 0 Å². The Balaban J connectivity index is 3.61. The topological polar surface area (TPSA) is 45.7 Å². The Kier molecular flexibility index (Phi) is 14.3. The van der Waals surface area contributed by atoms with Crippen molar-refractivity contribution in [2.75, 3.05) is 44.9 Å². The maximum absolute atomic E-state index is 5.30. The quantitative estimate of drug-likeness (QED) is 0.344. The number of aliphatic imine (C=N–C) groups is 1. The molecule has 0 saturated heterocycles. The SMILES string of the molecule is CCNC(=NCCCSC)NCCCCOCC. The molecule has 5 heteroatoms. The standard InChI is InChI=1S/C13H29N3OS/c1-4-14-13(16-10-8-12-18-3)15-9-6-7-11-17-5-2/h4-12H2,1-3H3,(H2,14,15,16). The largest absolute Gasteiger partial charge is 0.382 e. The van der Waals surface area contributed by atoms with Crippen LogP contribution in [0, 0.1) is 0 Å². The number of hydrogen-bond donors (Lipinski definition) is 2. The predicted molar refractivity (Wildman–Crippen MR) is 82.7 cm³/mol. The molecule has 0 rings (SSSR count). The lowest BCUT2D eigenvalue weighted by molar-refractivity contribution is 0.143. The molecule has 0 amide bonds. The smallest absolute Gasteiger partial charge is 0.191 e. The van der Waals surface area contributed by atoms with Crippen molar-refractivity contribution >= 4 is 17.7 Å². The Morgan fingerprint density at radius 2 is 2.00 bits per heavy atom. The van der Waals surface area contributed by atoms with Gasteiger partial charge in [0.2, 0.25) is 0 Å². The van der Waals surface area contributed by atoms with Crippen LogP contribution < -0.4 is 10.6 Å². The first-order valence-corrected chi connectivity index (χ1v) is 8.33. The van der Waals surface area contributed by atoms with Crippen molar-refractivity contribution in [3.05, 3.63) is 0 Å². The van der Waals surface area contributed by atoms with Crippen molar-refractivity contribution < 1.29 is 4.74 Å². The number of unbranched alkanes of at least 4 members (excludes halogenated alkanes) is 1. The van der Waals surface area contributed by atoms with E-state index in [1.807, 2.05) is 18.7 Å². The Labute approximate surface area is 116 Å². The minimum atomic E-state index is 0.812. The van der Waals surface area contributed by atoms with Crippen molar-refractivity contribution in [3.63, 3.8) is 0 Å². The Bertz CT molecular complexity index is 201. The van der Waals surface area contributed by atoms with Gasteiger partial charge in [0.15, 0.2) is 5.96 Å². The third-order valence-electron chi connectivity index (χ3n) is 2.33. The first-order chi connectivity index (χ1) is 8.85. The number of thioether (sulfide) groups is 1. The molecular formula is C13H29N3OS. The van der Waals surface area contributed by atoms with Crippen LogP contribution in [0.25, 0.3) is 0 Å². The van der Waals surface area contributed by atoms with Gasteiger partial charge in [0.25, 0.3) is 0 Å². The van der Waals surface area contributed by atoms with Gasteiger partial charge in [0.05, 0.1) is 0 Å². The van der Waals surface area contributed by atoms with Crippen molar-refractivity contribution in [1.82, 2.24) is 10.6 Å². The third-order valence-corrected chi connectivity index (χ3v) is 3.03. The van der Waals surface area contributed by atoms with E-state index in [4.69, 9.17) is 4.74 Å². The van der Waals surface area contributed by atoms with E-state index in [-0.39, 0.29) is 0 Å². The fourth-order valence-corrected chi connectivity index (χ4v) is 1.84. The lowest BCUT2D eigenvalue weighted by Gasteiger charge is -2.11. The summed E-state index contributed by atoms with van der Waals surface area (Å²) >= 11 is 1.87. The van der Waals surface area contributed by atoms with Crippen LogP contribution in [0.3, 0.4) is 0 Å². The maximum atomic E-state index is 5.30. The summed E-state index contributed by atoms with van der Waals surface area (Å²) in [6, 6.07) is 0. The van der Waals surface area contributed by atoms with Crippen LogP contribution in [-0.4, -0.2) is 50.8 Å². The molecule has 0 aromatic heterocycles. The van der Waals surface area contributed by atoms with Crippen LogP contribution in [0.15, 0.2) is 4.99 Å². The lowest BCUT2D eigenvalue weighted by atomic mass is 10.3. The number of ether oxygens (including phenoxy) is 1. The van der Waals surface area contributed by atoms with Crippen LogP contribution in [0.4, 0.5) is 0 Å². The maximum Gasteiger partial charge on any atom is 0.191 e. The molecule has 0 aromatic carbocycles. The second-order valence-corrected chi connectivity index (χ2v) is 4.92. The first kappa shape index (κ1) is 17.6. The summed E-state index contributed by atoms with van der Waals surface area (Å²) in [4.78, 5) is 4.53. The molecule has 0 aliphatic heterocycles. The summed E-state index contributed by atoms with van der Waals surface area (Å²) in [5, 5.41) is 6.61. The highest BCUT2D eigenvalue weighted by Crippen LogP contribution is 1.95. The molecule has 18 heavy (non-hydrogen) atoms. The number of rotatable bonds is 11. The molecule has 0 heterocycles. The van der Waals surface area contributed by atoms with Crippen molar-refractivity contribution in [3.8, 4) is 0 Å². The van der Waals surface area contributed by atoms with Gasteiger partial charge in [-0.2, -0.15) is 11.8 Å². The van der Waals surface area contributed by atoms with E-state index in [9.17, 15) is 0 Å². The molecule has 108 valence electrons. The molecule has 2 N–H and O–H groups in total. The second-order valence-electron chi connectivity index (χ2n) is 3.94. The van der Waals surface area contributed by atoms with Crippen molar-refractivity contribution in [2.45, 2.75) is 33.1 Å². The van der Waals surface area contributed by atoms with E-state index in [1.54, 1.807) is 0 Å². The van der Waals surface area contributed by atoms with Gasteiger partial charge in [-0.25, -0.2) is 0 Å². The van der Waals surface area contributed by atoms with Crippen LogP contribution in [-0.2, 0) is 4.74 Å². The molecule has 0 radical (unpaired) electrons. The Morgan fingerprint density at radius 1 is 1.17 bits per heavy atom.